The van der Waals surface area contributed by atoms with Crippen LogP contribution >= 0.6 is 11.3 Å². The fourth-order valence-corrected chi connectivity index (χ4v) is 3.65. The van der Waals surface area contributed by atoms with Crippen molar-refractivity contribution in [1.82, 2.24) is 9.88 Å². The molecule has 0 saturated carbocycles. The molecule has 1 aromatic heterocycles. The van der Waals surface area contributed by atoms with E-state index in [4.69, 9.17) is 14.2 Å². The number of rotatable bonds is 10. The van der Waals surface area contributed by atoms with Gasteiger partial charge < -0.3 is 19.1 Å². The topological polar surface area (TPSA) is 78.0 Å². The van der Waals surface area contributed by atoms with Crippen molar-refractivity contribution in [2.24, 2.45) is 5.92 Å². The number of carbonyl (C=O) groups is 2. The number of hydrogen-bond donors (Lipinski definition) is 0. The van der Waals surface area contributed by atoms with Gasteiger partial charge in [-0.05, 0) is 40.0 Å². The van der Waals surface area contributed by atoms with E-state index in [1.165, 1.54) is 11.3 Å². The summed E-state index contributed by atoms with van der Waals surface area (Å²) in [5.41, 5.74) is -0.270. The lowest BCUT2D eigenvalue weighted by molar-refractivity contribution is -0.00332. The molecule has 0 N–H and O–H groups in total. The lowest BCUT2D eigenvalue weighted by Gasteiger charge is -2.34. The number of aromatic nitrogens is 1. The van der Waals surface area contributed by atoms with Gasteiger partial charge in [0, 0.05) is 31.5 Å². The van der Waals surface area contributed by atoms with Crippen molar-refractivity contribution < 1.29 is 23.8 Å². The molecular weight excluding hydrogens is 392 g/mol. The Hall–Kier alpha value is -1.67. The van der Waals surface area contributed by atoms with Crippen molar-refractivity contribution in [3.8, 4) is 0 Å². The van der Waals surface area contributed by atoms with Crippen LogP contribution in [0.3, 0.4) is 0 Å². The minimum Gasteiger partial charge on any atom is -0.461 e. The molecule has 0 fully saturated rings. The summed E-state index contributed by atoms with van der Waals surface area (Å²) in [6.45, 7) is 14.3. The highest BCUT2D eigenvalue weighted by atomic mass is 32.1. The molecular formula is C21H36N2O5S. The smallest absolute Gasteiger partial charge is 0.410 e. The maximum atomic E-state index is 12.6. The molecule has 0 radical (unpaired) electrons. The van der Waals surface area contributed by atoms with Gasteiger partial charge in [-0.3, -0.25) is 0 Å². The molecule has 1 heterocycles. The molecule has 1 rings (SSSR count). The van der Waals surface area contributed by atoms with Crippen molar-refractivity contribution in [1.29, 1.82) is 0 Å². The third-order valence-electron chi connectivity index (χ3n) is 4.21. The summed E-state index contributed by atoms with van der Waals surface area (Å²) in [5.74, 6) is -0.250. The second-order valence-corrected chi connectivity index (χ2v) is 9.18. The molecule has 0 aliphatic heterocycles. The highest BCUT2D eigenvalue weighted by molar-refractivity contribution is 7.09. The average Bonchev–Trinajstić information content (AvgIpc) is 3.10. The zero-order valence-electron chi connectivity index (χ0n) is 19.0. The van der Waals surface area contributed by atoms with E-state index in [2.05, 4.69) is 18.8 Å². The Labute approximate surface area is 178 Å². The molecule has 1 aromatic rings. The molecule has 0 unspecified atom stereocenters. The minimum atomic E-state index is -0.561. The first-order valence-electron chi connectivity index (χ1n) is 10.2. The molecule has 0 saturated heterocycles. The van der Waals surface area contributed by atoms with Gasteiger partial charge in [0.1, 0.15) is 16.7 Å². The van der Waals surface area contributed by atoms with Crippen molar-refractivity contribution in [3.63, 3.8) is 0 Å². The Balaban J connectivity index is 3.03. The predicted octanol–water partition coefficient (Wildman–Crippen LogP) is 5.07. The van der Waals surface area contributed by atoms with Crippen LogP contribution in [0.2, 0.25) is 0 Å². The highest BCUT2D eigenvalue weighted by Gasteiger charge is 2.31. The lowest BCUT2D eigenvalue weighted by Crippen LogP contribution is -2.44. The highest BCUT2D eigenvalue weighted by Crippen LogP contribution is 2.31. The van der Waals surface area contributed by atoms with Crippen LogP contribution in [0.5, 0.6) is 0 Å². The largest absolute Gasteiger partial charge is 0.461 e. The summed E-state index contributed by atoms with van der Waals surface area (Å²) in [7, 11) is 1.75. The fourth-order valence-electron chi connectivity index (χ4n) is 2.80. The van der Waals surface area contributed by atoms with E-state index < -0.39 is 11.6 Å². The molecule has 29 heavy (non-hydrogen) atoms. The molecule has 1 amide bonds. The monoisotopic (exact) mass is 428 g/mol. The number of ether oxygens (including phenoxy) is 3. The maximum absolute atomic E-state index is 12.6. The summed E-state index contributed by atoms with van der Waals surface area (Å²) < 4.78 is 16.6. The van der Waals surface area contributed by atoms with E-state index in [9.17, 15) is 9.59 Å². The van der Waals surface area contributed by atoms with Crippen LogP contribution in [0.1, 0.15) is 82.9 Å². The fraction of sp³-hybridized carbons (Fsp3) is 0.762. The van der Waals surface area contributed by atoms with Gasteiger partial charge in [-0.25, -0.2) is 14.6 Å². The number of nitrogens with zero attached hydrogens (tertiary/aromatic N) is 2. The Morgan fingerprint density at radius 2 is 1.90 bits per heavy atom. The van der Waals surface area contributed by atoms with E-state index >= 15 is 0 Å². The number of thiazole rings is 1. The molecule has 0 aliphatic carbocycles. The summed E-state index contributed by atoms with van der Waals surface area (Å²) >= 11 is 1.37. The molecule has 0 aliphatic rings. The number of amides is 1. The molecule has 8 heteroatoms. The van der Waals surface area contributed by atoms with Crippen LogP contribution in [0.25, 0.3) is 0 Å². The lowest BCUT2D eigenvalue weighted by atomic mass is 9.96. The van der Waals surface area contributed by atoms with E-state index in [1.54, 1.807) is 24.3 Å². The van der Waals surface area contributed by atoms with Gasteiger partial charge in [-0.1, -0.05) is 20.8 Å². The van der Waals surface area contributed by atoms with Crippen molar-refractivity contribution in [3.05, 3.63) is 16.1 Å². The molecule has 0 spiro atoms. The van der Waals surface area contributed by atoms with Crippen molar-refractivity contribution >= 4 is 23.4 Å². The van der Waals surface area contributed by atoms with E-state index in [-0.39, 0.29) is 24.2 Å². The van der Waals surface area contributed by atoms with Gasteiger partial charge in [-0.2, -0.15) is 0 Å². The summed E-state index contributed by atoms with van der Waals surface area (Å²) in [6.07, 6.45) is 0.738. The van der Waals surface area contributed by atoms with Crippen molar-refractivity contribution in [2.75, 3.05) is 20.3 Å². The van der Waals surface area contributed by atoms with Gasteiger partial charge in [0.2, 0.25) is 0 Å². The standard InChI is InChI=1S/C21H36N2O5S/c1-9-11-27-17(18-22-15(13-29-18)19(24)26-10-2)12-16(14(3)4)23(8)20(25)28-21(5,6)7/h13-14,16-17H,9-12H2,1-8H3/t16-,17-/m1/s1. The summed E-state index contributed by atoms with van der Waals surface area (Å²) in [4.78, 5) is 30.6. The quantitative estimate of drug-likeness (QED) is 0.484. The van der Waals surface area contributed by atoms with Crippen LogP contribution in [0.15, 0.2) is 5.38 Å². The van der Waals surface area contributed by atoms with Crippen LogP contribution in [0.4, 0.5) is 4.79 Å². The van der Waals surface area contributed by atoms with Gasteiger partial charge in [0.05, 0.1) is 6.61 Å². The average molecular weight is 429 g/mol. The Kier molecular flexibility index (Phi) is 10.1. The SMILES string of the molecule is CCCO[C@H](C[C@H](C(C)C)N(C)C(=O)OC(C)(C)C)c1nc(C(=O)OCC)cs1. The van der Waals surface area contributed by atoms with Crippen LogP contribution < -0.4 is 0 Å². The Bertz CT molecular complexity index is 654. The Morgan fingerprint density at radius 1 is 1.24 bits per heavy atom. The normalized spacial score (nSPS) is 13.8. The van der Waals surface area contributed by atoms with Gasteiger partial charge >= 0.3 is 12.1 Å². The first kappa shape index (κ1) is 25.4. The third kappa shape index (κ3) is 8.30. The maximum Gasteiger partial charge on any atom is 0.410 e. The van der Waals surface area contributed by atoms with E-state index in [0.29, 0.717) is 30.3 Å². The second-order valence-electron chi connectivity index (χ2n) is 8.29. The molecule has 0 aromatic carbocycles. The van der Waals surface area contributed by atoms with Crippen LogP contribution in [0, 0.1) is 5.92 Å². The predicted molar refractivity (Wildman–Crippen MR) is 114 cm³/mol. The third-order valence-corrected chi connectivity index (χ3v) is 5.15. The molecule has 0 bridgehead atoms. The van der Waals surface area contributed by atoms with Crippen LogP contribution in [-0.4, -0.2) is 53.9 Å². The van der Waals surface area contributed by atoms with Crippen molar-refractivity contribution in [2.45, 2.75) is 79.1 Å². The first-order chi connectivity index (χ1) is 13.5. The van der Waals surface area contributed by atoms with Crippen LogP contribution in [-0.2, 0) is 14.2 Å². The summed E-state index contributed by atoms with van der Waals surface area (Å²) in [6, 6.07) is -0.110. The van der Waals surface area contributed by atoms with E-state index in [0.717, 1.165) is 6.42 Å². The second kappa shape index (κ2) is 11.5. The number of carbonyl (C=O) groups excluding carboxylic acids is 2. The minimum absolute atomic E-state index is 0.110. The molecule has 2 atom stereocenters. The first-order valence-corrected chi connectivity index (χ1v) is 11.1. The van der Waals surface area contributed by atoms with Gasteiger partial charge in [0.25, 0.3) is 0 Å². The zero-order valence-corrected chi connectivity index (χ0v) is 19.8. The van der Waals surface area contributed by atoms with Gasteiger partial charge in [-0.15, -0.1) is 11.3 Å². The summed E-state index contributed by atoms with van der Waals surface area (Å²) in [5, 5.41) is 2.40. The number of esters is 1. The number of hydrogen-bond acceptors (Lipinski definition) is 7. The molecule has 7 nitrogen and oxygen atoms in total. The van der Waals surface area contributed by atoms with Gasteiger partial charge in [0.15, 0.2) is 5.69 Å². The van der Waals surface area contributed by atoms with E-state index in [1.807, 2.05) is 27.7 Å². The molecule has 166 valence electrons. The Morgan fingerprint density at radius 3 is 2.41 bits per heavy atom. The zero-order chi connectivity index (χ0) is 22.2.